The molecule has 0 bridgehead atoms. The molecular weight excluding hydrogens is 445 g/mol. The summed E-state index contributed by atoms with van der Waals surface area (Å²) < 4.78 is 67.3. The van der Waals surface area contributed by atoms with Crippen molar-refractivity contribution in [2.24, 2.45) is 17.8 Å². The fraction of sp³-hybridized carbons (Fsp3) is 0.600. The zero-order valence-electron chi connectivity index (χ0n) is 16.3. The molecule has 11 heteroatoms. The zero-order chi connectivity index (χ0) is 22.5. The van der Waals surface area contributed by atoms with Crippen molar-refractivity contribution >= 4 is 23.5 Å². The lowest BCUT2D eigenvalue weighted by atomic mass is 9.69. The predicted octanol–water partition coefficient (Wildman–Crippen LogP) is 4.17. The molecule has 2 aliphatic carbocycles. The van der Waals surface area contributed by atoms with Crippen molar-refractivity contribution in [1.29, 1.82) is 0 Å². The Hall–Kier alpha value is -2.10. The van der Waals surface area contributed by atoms with Crippen LogP contribution in [0.3, 0.4) is 0 Å². The van der Waals surface area contributed by atoms with E-state index in [-0.39, 0.29) is 43.3 Å². The Balaban J connectivity index is 1.58. The van der Waals surface area contributed by atoms with E-state index < -0.39 is 52.8 Å². The van der Waals surface area contributed by atoms with Gasteiger partial charge in [-0.05, 0) is 43.6 Å². The molecule has 0 radical (unpaired) electrons. The van der Waals surface area contributed by atoms with Crippen molar-refractivity contribution in [1.82, 2.24) is 15.5 Å². The number of benzene rings is 1. The number of carbonyl (C=O) groups is 2. The van der Waals surface area contributed by atoms with Crippen LogP contribution in [0.15, 0.2) is 12.1 Å². The fourth-order valence-electron chi connectivity index (χ4n) is 4.44. The summed E-state index contributed by atoms with van der Waals surface area (Å²) in [5.74, 6) is -4.62. The van der Waals surface area contributed by atoms with E-state index in [9.17, 15) is 31.5 Å². The van der Waals surface area contributed by atoms with Gasteiger partial charge in [0, 0.05) is 18.7 Å². The lowest BCUT2D eigenvalue weighted by molar-refractivity contribution is -0.206. The second-order valence-electron chi connectivity index (χ2n) is 8.43. The highest BCUT2D eigenvalue weighted by Gasteiger charge is 2.51. The summed E-state index contributed by atoms with van der Waals surface area (Å²) in [5.41, 5.74) is -0.171. The van der Waals surface area contributed by atoms with Crippen molar-refractivity contribution < 1.29 is 31.5 Å². The highest BCUT2D eigenvalue weighted by atomic mass is 35.5. The third-order valence-corrected chi connectivity index (χ3v) is 6.72. The number of hydrogen-bond acceptors (Lipinski definition) is 2. The maximum absolute atomic E-state index is 14.7. The standard InChI is InChI=1S/C20H21ClF5N3O2/c21-14-13(22)4-3-12(15(14)23)16(10-7-11(8-10)20(24,25)26)28-19(31)29-6-5-27-18(30)17(29)9-1-2-9/h3-4,9-11,16-17H,1-2,5-8H2,(H,27,30)(H,28,31)/t10-,11-,16-,17-/m0/s1. The van der Waals surface area contributed by atoms with Crippen molar-refractivity contribution in [2.45, 2.75) is 43.9 Å². The van der Waals surface area contributed by atoms with Gasteiger partial charge in [0.1, 0.15) is 22.7 Å². The summed E-state index contributed by atoms with van der Waals surface area (Å²) in [4.78, 5) is 26.7. The number of nitrogens with one attached hydrogen (secondary N) is 2. The van der Waals surface area contributed by atoms with Crippen molar-refractivity contribution in [3.05, 3.63) is 34.4 Å². The van der Waals surface area contributed by atoms with Gasteiger partial charge < -0.3 is 15.5 Å². The number of halogens is 6. The summed E-state index contributed by atoms with van der Waals surface area (Å²) in [6.45, 7) is 0.477. The number of amides is 3. The number of carbonyl (C=O) groups excluding carboxylic acids is 2. The Morgan fingerprint density at radius 2 is 1.90 bits per heavy atom. The molecule has 0 unspecified atom stereocenters. The van der Waals surface area contributed by atoms with Crippen LogP contribution in [0.4, 0.5) is 26.7 Å². The van der Waals surface area contributed by atoms with E-state index in [0.29, 0.717) is 0 Å². The molecule has 3 aliphatic rings. The van der Waals surface area contributed by atoms with Crippen LogP contribution in [0.25, 0.3) is 0 Å². The smallest absolute Gasteiger partial charge is 0.353 e. The molecule has 3 fully saturated rings. The second kappa shape index (κ2) is 8.11. The molecule has 5 nitrogen and oxygen atoms in total. The summed E-state index contributed by atoms with van der Waals surface area (Å²) in [7, 11) is 0. The maximum atomic E-state index is 14.7. The Kier molecular flexibility index (Phi) is 5.78. The molecule has 4 rings (SSSR count). The number of alkyl halides is 3. The molecule has 1 saturated heterocycles. The molecule has 0 spiro atoms. The van der Waals surface area contributed by atoms with Gasteiger partial charge in [0.2, 0.25) is 5.91 Å². The minimum absolute atomic E-state index is 0.0276. The molecule has 2 N–H and O–H groups in total. The first-order valence-corrected chi connectivity index (χ1v) is 10.5. The molecule has 170 valence electrons. The van der Waals surface area contributed by atoms with Gasteiger partial charge in [-0.1, -0.05) is 17.7 Å². The lowest BCUT2D eigenvalue weighted by Crippen LogP contribution is -2.61. The summed E-state index contributed by atoms with van der Waals surface area (Å²) >= 11 is 5.67. The molecule has 1 aliphatic heterocycles. The quantitative estimate of drug-likeness (QED) is 0.518. The molecule has 31 heavy (non-hydrogen) atoms. The molecule has 2 saturated carbocycles. The lowest BCUT2D eigenvalue weighted by Gasteiger charge is -2.43. The van der Waals surface area contributed by atoms with Gasteiger partial charge in [0.25, 0.3) is 0 Å². The maximum Gasteiger partial charge on any atom is 0.391 e. The van der Waals surface area contributed by atoms with E-state index in [1.807, 2.05) is 0 Å². The van der Waals surface area contributed by atoms with Crippen LogP contribution in [0.1, 0.15) is 37.3 Å². The average molecular weight is 466 g/mol. The van der Waals surface area contributed by atoms with Gasteiger partial charge in [-0.2, -0.15) is 13.2 Å². The van der Waals surface area contributed by atoms with E-state index >= 15 is 0 Å². The van der Waals surface area contributed by atoms with Crippen molar-refractivity contribution in [2.75, 3.05) is 13.1 Å². The van der Waals surface area contributed by atoms with E-state index in [0.717, 1.165) is 25.0 Å². The van der Waals surface area contributed by atoms with Gasteiger partial charge >= 0.3 is 12.2 Å². The van der Waals surface area contributed by atoms with Crippen LogP contribution in [-0.2, 0) is 4.79 Å². The van der Waals surface area contributed by atoms with Gasteiger partial charge in [0.15, 0.2) is 0 Å². The number of nitrogens with zero attached hydrogens (tertiary/aromatic N) is 1. The molecule has 1 heterocycles. The summed E-state index contributed by atoms with van der Waals surface area (Å²) in [6.07, 6.45) is -3.39. The van der Waals surface area contributed by atoms with Crippen molar-refractivity contribution in [3.63, 3.8) is 0 Å². The Bertz CT molecular complexity index is 886. The fourth-order valence-corrected chi connectivity index (χ4v) is 4.61. The van der Waals surface area contributed by atoms with E-state index in [1.165, 1.54) is 4.90 Å². The van der Waals surface area contributed by atoms with Crippen LogP contribution in [0.2, 0.25) is 5.02 Å². The topological polar surface area (TPSA) is 61.4 Å². The Morgan fingerprint density at radius 1 is 1.23 bits per heavy atom. The van der Waals surface area contributed by atoms with Crippen LogP contribution < -0.4 is 10.6 Å². The van der Waals surface area contributed by atoms with Crippen molar-refractivity contribution in [3.8, 4) is 0 Å². The molecular formula is C20H21ClF5N3O2. The molecule has 1 aromatic rings. The molecule has 3 amide bonds. The van der Waals surface area contributed by atoms with Crippen LogP contribution in [0, 0.1) is 29.4 Å². The van der Waals surface area contributed by atoms with E-state index in [4.69, 9.17) is 11.6 Å². The Morgan fingerprint density at radius 3 is 2.52 bits per heavy atom. The SMILES string of the molecule is O=C1NCCN(C(=O)N[C@H](c2ccc(F)c(Cl)c2F)[C@H]2C[C@H](C(F)(F)F)C2)[C@H]1C1CC1. The highest BCUT2D eigenvalue weighted by molar-refractivity contribution is 6.31. The van der Waals surface area contributed by atoms with Gasteiger partial charge in [-0.25, -0.2) is 13.6 Å². The monoisotopic (exact) mass is 465 g/mol. The third kappa shape index (κ3) is 4.31. The number of urea groups is 1. The average Bonchev–Trinajstić information content (AvgIpc) is 3.48. The van der Waals surface area contributed by atoms with Gasteiger partial charge in [-0.15, -0.1) is 0 Å². The molecule has 1 aromatic carbocycles. The van der Waals surface area contributed by atoms with Gasteiger partial charge in [-0.3, -0.25) is 4.79 Å². The minimum atomic E-state index is -4.38. The first-order valence-electron chi connectivity index (χ1n) is 10.1. The summed E-state index contributed by atoms with van der Waals surface area (Å²) in [6, 6.07) is -0.452. The number of rotatable bonds is 4. The van der Waals surface area contributed by atoms with E-state index in [2.05, 4.69) is 10.6 Å². The second-order valence-corrected chi connectivity index (χ2v) is 8.81. The van der Waals surface area contributed by atoms with Crippen LogP contribution >= 0.6 is 11.6 Å². The third-order valence-electron chi connectivity index (χ3n) is 6.37. The number of piperazine rings is 1. The largest absolute Gasteiger partial charge is 0.391 e. The first-order chi connectivity index (χ1) is 14.6. The predicted molar refractivity (Wildman–Crippen MR) is 101 cm³/mol. The van der Waals surface area contributed by atoms with Gasteiger partial charge in [0.05, 0.1) is 12.0 Å². The normalized spacial score (nSPS) is 27.4. The van der Waals surface area contributed by atoms with Crippen LogP contribution in [0.5, 0.6) is 0 Å². The highest BCUT2D eigenvalue weighted by Crippen LogP contribution is 2.50. The molecule has 2 atom stereocenters. The van der Waals surface area contributed by atoms with Crippen LogP contribution in [-0.4, -0.2) is 42.1 Å². The Labute approximate surface area is 180 Å². The molecule has 0 aromatic heterocycles. The first kappa shape index (κ1) is 22.1. The number of hydrogen-bond donors (Lipinski definition) is 2. The summed E-state index contributed by atoms with van der Waals surface area (Å²) in [5, 5.41) is 4.54. The zero-order valence-corrected chi connectivity index (χ0v) is 17.1. The van der Waals surface area contributed by atoms with E-state index in [1.54, 1.807) is 0 Å². The minimum Gasteiger partial charge on any atom is -0.353 e.